The Labute approximate surface area is 101 Å². The highest BCUT2D eigenvalue weighted by Gasteiger charge is 2.25. The molecule has 0 bridgehead atoms. The number of hydrogen-bond donors (Lipinski definition) is 1. The molecule has 5 heteroatoms. The summed E-state index contributed by atoms with van der Waals surface area (Å²) in [6.07, 6.45) is 5.71. The van der Waals surface area contributed by atoms with Crippen LogP contribution >= 0.6 is 11.8 Å². The average molecular weight is 240 g/mol. The van der Waals surface area contributed by atoms with E-state index in [2.05, 4.69) is 34.3 Å². The molecule has 4 nitrogen and oxygen atoms in total. The number of thioether (sulfide) groups is 1. The SMILES string of the molecule is CCNC(Cc1cn(C)nn1)C1CCCS1. The molecule has 1 aliphatic heterocycles. The summed E-state index contributed by atoms with van der Waals surface area (Å²) in [5, 5.41) is 12.5. The van der Waals surface area contributed by atoms with Crippen LogP contribution in [0.1, 0.15) is 25.5 Å². The Morgan fingerprint density at radius 3 is 3.12 bits per heavy atom. The van der Waals surface area contributed by atoms with Crippen LogP contribution in [0.4, 0.5) is 0 Å². The quantitative estimate of drug-likeness (QED) is 0.840. The third kappa shape index (κ3) is 2.98. The van der Waals surface area contributed by atoms with Gasteiger partial charge in [0.2, 0.25) is 0 Å². The first kappa shape index (κ1) is 11.9. The summed E-state index contributed by atoms with van der Waals surface area (Å²) in [5.74, 6) is 1.31. The van der Waals surface area contributed by atoms with E-state index in [4.69, 9.17) is 0 Å². The van der Waals surface area contributed by atoms with E-state index in [1.807, 2.05) is 13.2 Å². The molecule has 0 aromatic carbocycles. The number of hydrogen-bond acceptors (Lipinski definition) is 4. The zero-order valence-electron chi connectivity index (χ0n) is 10.0. The van der Waals surface area contributed by atoms with Crippen LogP contribution in [0.5, 0.6) is 0 Å². The number of likely N-dealkylation sites (N-methyl/N-ethyl adjacent to an activating group) is 1. The van der Waals surface area contributed by atoms with Gasteiger partial charge < -0.3 is 5.32 Å². The maximum atomic E-state index is 4.17. The highest BCUT2D eigenvalue weighted by molar-refractivity contribution is 8.00. The van der Waals surface area contributed by atoms with Crippen molar-refractivity contribution in [3.63, 3.8) is 0 Å². The first-order chi connectivity index (χ1) is 7.79. The molecule has 0 aliphatic carbocycles. The summed E-state index contributed by atoms with van der Waals surface area (Å²) in [4.78, 5) is 0. The van der Waals surface area contributed by atoms with Crippen molar-refractivity contribution in [2.24, 2.45) is 7.05 Å². The highest BCUT2D eigenvalue weighted by Crippen LogP contribution is 2.29. The van der Waals surface area contributed by atoms with Crippen molar-refractivity contribution in [2.75, 3.05) is 12.3 Å². The van der Waals surface area contributed by atoms with Crippen LogP contribution in [-0.4, -0.2) is 38.6 Å². The average Bonchev–Trinajstić information content (AvgIpc) is 2.88. The van der Waals surface area contributed by atoms with Crippen LogP contribution in [0.25, 0.3) is 0 Å². The minimum absolute atomic E-state index is 0.550. The predicted molar refractivity (Wildman–Crippen MR) is 67.7 cm³/mol. The second-order valence-corrected chi connectivity index (χ2v) is 5.65. The van der Waals surface area contributed by atoms with Gasteiger partial charge in [-0.2, -0.15) is 11.8 Å². The Morgan fingerprint density at radius 1 is 1.69 bits per heavy atom. The molecule has 2 unspecified atom stereocenters. The maximum Gasteiger partial charge on any atom is 0.0842 e. The second kappa shape index (κ2) is 5.68. The molecule has 1 fully saturated rings. The monoisotopic (exact) mass is 240 g/mol. The molecule has 2 atom stereocenters. The summed E-state index contributed by atoms with van der Waals surface area (Å²) in [5.41, 5.74) is 1.10. The van der Waals surface area contributed by atoms with Crippen molar-refractivity contribution >= 4 is 11.8 Å². The number of nitrogens with zero attached hydrogens (tertiary/aromatic N) is 3. The van der Waals surface area contributed by atoms with E-state index in [0.717, 1.165) is 23.9 Å². The summed E-state index contributed by atoms with van der Waals surface area (Å²) >= 11 is 2.10. The van der Waals surface area contributed by atoms with Crippen LogP contribution in [0, 0.1) is 0 Å². The Kier molecular flexibility index (Phi) is 4.23. The second-order valence-electron chi connectivity index (χ2n) is 4.30. The molecule has 2 heterocycles. The largest absolute Gasteiger partial charge is 0.313 e. The Hall–Kier alpha value is -0.550. The Balaban J connectivity index is 1.96. The number of nitrogens with one attached hydrogen (secondary N) is 1. The Morgan fingerprint density at radius 2 is 2.56 bits per heavy atom. The molecule has 1 aromatic heterocycles. The maximum absolute atomic E-state index is 4.17. The van der Waals surface area contributed by atoms with E-state index in [0.29, 0.717) is 6.04 Å². The van der Waals surface area contributed by atoms with Gasteiger partial charge in [-0.15, -0.1) is 5.10 Å². The molecule has 1 saturated heterocycles. The minimum Gasteiger partial charge on any atom is -0.313 e. The predicted octanol–water partition coefficient (Wildman–Crippen LogP) is 1.23. The van der Waals surface area contributed by atoms with Crippen LogP contribution < -0.4 is 5.32 Å². The van der Waals surface area contributed by atoms with E-state index in [-0.39, 0.29) is 0 Å². The van der Waals surface area contributed by atoms with Gasteiger partial charge in [-0.25, -0.2) is 0 Å². The van der Waals surface area contributed by atoms with E-state index >= 15 is 0 Å². The molecule has 0 radical (unpaired) electrons. The summed E-state index contributed by atoms with van der Waals surface area (Å²) < 4.78 is 1.78. The van der Waals surface area contributed by atoms with Crippen molar-refractivity contribution in [3.8, 4) is 0 Å². The first-order valence-corrected chi connectivity index (χ1v) is 7.04. The lowest BCUT2D eigenvalue weighted by Crippen LogP contribution is -2.39. The van der Waals surface area contributed by atoms with Crippen molar-refractivity contribution in [3.05, 3.63) is 11.9 Å². The molecule has 1 N–H and O–H groups in total. The smallest absolute Gasteiger partial charge is 0.0842 e. The Bertz CT molecular complexity index is 320. The van der Waals surface area contributed by atoms with E-state index in [9.17, 15) is 0 Å². The molecular weight excluding hydrogens is 220 g/mol. The van der Waals surface area contributed by atoms with Gasteiger partial charge in [0, 0.05) is 31.0 Å². The minimum atomic E-state index is 0.550. The molecule has 16 heavy (non-hydrogen) atoms. The standard InChI is InChI=1S/C11H20N4S/c1-3-12-10(11-5-4-6-16-11)7-9-8-15(2)14-13-9/h8,10-12H,3-7H2,1-2H3. The normalized spacial score (nSPS) is 22.5. The van der Waals surface area contributed by atoms with Crippen LogP contribution in [-0.2, 0) is 13.5 Å². The lowest BCUT2D eigenvalue weighted by Gasteiger charge is -2.22. The third-order valence-electron chi connectivity index (χ3n) is 2.96. The van der Waals surface area contributed by atoms with Crippen molar-refractivity contribution in [1.29, 1.82) is 0 Å². The lowest BCUT2D eigenvalue weighted by atomic mass is 10.0. The molecule has 90 valence electrons. The van der Waals surface area contributed by atoms with Gasteiger partial charge in [0.25, 0.3) is 0 Å². The van der Waals surface area contributed by atoms with Crippen molar-refractivity contribution in [1.82, 2.24) is 20.3 Å². The van der Waals surface area contributed by atoms with Crippen molar-refractivity contribution in [2.45, 2.75) is 37.5 Å². The fraction of sp³-hybridized carbons (Fsp3) is 0.818. The number of aryl methyl sites for hydroxylation is 1. The van der Waals surface area contributed by atoms with Crippen molar-refractivity contribution < 1.29 is 0 Å². The number of aromatic nitrogens is 3. The lowest BCUT2D eigenvalue weighted by molar-refractivity contribution is 0.491. The van der Waals surface area contributed by atoms with Gasteiger partial charge >= 0.3 is 0 Å². The molecule has 0 saturated carbocycles. The van der Waals surface area contributed by atoms with Crippen LogP contribution in [0.2, 0.25) is 0 Å². The van der Waals surface area contributed by atoms with Gasteiger partial charge in [0.1, 0.15) is 0 Å². The molecule has 2 rings (SSSR count). The topological polar surface area (TPSA) is 42.7 Å². The fourth-order valence-electron chi connectivity index (χ4n) is 2.23. The highest BCUT2D eigenvalue weighted by atomic mass is 32.2. The van der Waals surface area contributed by atoms with Gasteiger partial charge in [0.15, 0.2) is 0 Å². The molecule has 1 aromatic rings. The van der Waals surface area contributed by atoms with Gasteiger partial charge in [0.05, 0.1) is 5.69 Å². The molecule has 0 spiro atoms. The first-order valence-electron chi connectivity index (χ1n) is 5.99. The van der Waals surface area contributed by atoms with Crippen LogP contribution in [0.15, 0.2) is 6.20 Å². The molecule has 0 amide bonds. The third-order valence-corrected chi connectivity index (χ3v) is 4.48. The molecular formula is C11H20N4S. The van der Waals surface area contributed by atoms with E-state index in [1.165, 1.54) is 18.6 Å². The zero-order valence-corrected chi connectivity index (χ0v) is 10.8. The van der Waals surface area contributed by atoms with Gasteiger partial charge in [-0.05, 0) is 25.1 Å². The number of rotatable bonds is 5. The summed E-state index contributed by atoms with van der Waals surface area (Å²) in [7, 11) is 1.92. The van der Waals surface area contributed by atoms with E-state index < -0.39 is 0 Å². The summed E-state index contributed by atoms with van der Waals surface area (Å²) in [6, 6.07) is 0.550. The van der Waals surface area contributed by atoms with E-state index in [1.54, 1.807) is 4.68 Å². The van der Waals surface area contributed by atoms with Gasteiger partial charge in [-0.1, -0.05) is 12.1 Å². The van der Waals surface area contributed by atoms with Crippen LogP contribution in [0.3, 0.4) is 0 Å². The van der Waals surface area contributed by atoms with Gasteiger partial charge in [-0.3, -0.25) is 4.68 Å². The fourth-order valence-corrected chi connectivity index (χ4v) is 3.63. The summed E-state index contributed by atoms with van der Waals surface area (Å²) in [6.45, 7) is 3.20. The molecule has 1 aliphatic rings. The zero-order chi connectivity index (χ0) is 11.4.